The van der Waals surface area contributed by atoms with E-state index in [2.05, 4.69) is 41.1 Å². The first-order chi connectivity index (χ1) is 11.5. The quantitative estimate of drug-likeness (QED) is 0.421. The van der Waals surface area contributed by atoms with Crippen molar-refractivity contribution in [1.82, 2.24) is 0 Å². The molecule has 0 unspecified atom stereocenters. The maximum Gasteiger partial charge on any atom is 0.146 e. The summed E-state index contributed by atoms with van der Waals surface area (Å²) >= 11 is 10.1. The maximum atomic E-state index is 6.47. The number of rotatable bonds is 8. The lowest BCUT2D eigenvalue weighted by Crippen LogP contribution is -2.00. The summed E-state index contributed by atoms with van der Waals surface area (Å²) in [5.74, 6) is 0.900. The summed E-state index contributed by atoms with van der Waals surface area (Å²) in [5.41, 5.74) is 4.51. The molecule has 0 saturated carbocycles. The largest absolute Gasteiger partial charge is 0.494 e. The molecule has 5 heteroatoms. The summed E-state index contributed by atoms with van der Waals surface area (Å²) in [7, 11) is 1.60. The fourth-order valence-corrected chi connectivity index (χ4v) is 3.20. The molecule has 0 aliphatic carbocycles. The first-order valence-electron chi connectivity index (χ1n) is 7.81. The van der Waals surface area contributed by atoms with Crippen LogP contribution in [0.25, 0.3) is 0 Å². The lowest BCUT2D eigenvalue weighted by molar-refractivity contribution is -0.0392. The van der Waals surface area contributed by atoms with E-state index in [1.54, 1.807) is 7.11 Å². The molecule has 3 nitrogen and oxygen atoms in total. The van der Waals surface area contributed by atoms with Crippen molar-refractivity contribution in [2.24, 2.45) is 0 Å². The van der Waals surface area contributed by atoms with Gasteiger partial charge in [-0.2, -0.15) is 0 Å². The van der Waals surface area contributed by atoms with E-state index in [1.165, 1.54) is 11.1 Å². The Kier molecular flexibility index (Phi) is 7.56. The third-order valence-corrected chi connectivity index (χ3v) is 4.77. The van der Waals surface area contributed by atoms with Crippen LogP contribution in [0.2, 0.25) is 5.02 Å². The fraction of sp³-hybridized carbons (Fsp3) is 0.368. The highest BCUT2D eigenvalue weighted by molar-refractivity contribution is 9.10. The number of benzene rings is 2. The van der Waals surface area contributed by atoms with Gasteiger partial charge in [0.2, 0.25) is 0 Å². The molecule has 0 aliphatic heterocycles. The molecule has 0 N–H and O–H groups in total. The zero-order valence-corrected chi connectivity index (χ0v) is 16.5. The van der Waals surface area contributed by atoms with Crippen LogP contribution in [0.5, 0.6) is 5.75 Å². The summed E-state index contributed by atoms with van der Waals surface area (Å²) in [6.07, 6.45) is 0.773. The number of halogens is 2. The molecule has 130 valence electrons. The fourth-order valence-electron chi connectivity index (χ4n) is 2.44. The maximum absolute atomic E-state index is 6.47. The Labute approximate surface area is 157 Å². The van der Waals surface area contributed by atoms with Crippen molar-refractivity contribution >= 4 is 27.5 Å². The molecule has 0 amide bonds. The second kappa shape index (κ2) is 9.42. The molecule has 2 aromatic carbocycles. The molecule has 24 heavy (non-hydrogen) atoms. The average molecular weight is 414 g/mol. The first-order valence-corrected chi connectivity index (χ1v) is 8.98. The minimum Gasteiger partial charge on any atom is -0.494 e. The number of ether oxygens (including phenoxy) is 3. The van der Waals surface area contributed by atoms with Gasteiger partial charge >= 0.3 is 0 Å². The minimum atomic E-state index is 0.261. The Hall–Kier alpha value is -1.07. The summed E-state index contributed by atoms with van der Waals surface area (Å²) in [4.78, 5) is 0. The van der Waals surface area contributed by atoms with Gasteiger partial charge in [-0.3, -0.25) is 0 Å². The van der Waals surface area contributed by atoms with Gasteiger partial charge in [0, 0.05) is 16.6 Å². The normalized spacial score (nSPS) is 10.9. The highest BCUT2D eigenvalue weighted by atomic mass is 79.9. The van der Waals surface area contributed by atoms with Gasteiger partial charge in [-0.15, -0.1) is 0 Å². The third kappa shape index (κ3) is 5.21. The standard InChI is InChI=1S/C19H22BrClO3/c1-4-24-17-6-5-14(13(2)7-17)8-15-9-18(20)16(10-19(15)21)11-23-12-22-3/h5-7,9-10H,4,8,11-12H2,1-3H3. The summed E-state index contributed by atoms with van der Waals surface area (Å²) in [6.45, 7) is 5.46. The Balaban J connectivity index is 2.16. The van der Waals surface area contributed by atoms with Crippen LogP contribution >= 0.6 is 27.5 Å². The molecular formula is C19H22BrClO3. The Morgan fingerprint density at radius 2 is 1.88 bits per heavy atom. The van der Waals surface area contributed by atoms with Crippen molar-refractivity contribution in [2.75, 3.05) is 20.5 Å². The van der Waals surface area contributed by atoms with Crippen LogP contribution in [0.1, 0.15) is 29.2 Å². The van der Waals surface area contributed by atoms with Crippen molar-refractivity contribution in [1.29, 1.82) is 0 Å². The third-order valence-electron chi connectivity index (χ3n) is 3.68. The molecule has 0 radical (unpaired) electrons. The molecule has 0 heterocycles. The van der Waals surface area contributed by atoms with Gasteiger partial charge in [0.25, 0.3) is 0 Å². The molecule has 0 aromatic heterocycles. The van der Waals surface area contributed by atoms with E-state index in [0.29, 0.717) is 13.2 Å². The molecule has 0 fully saturated rings. The number of hydrogen-bond donors (Lipinski definition) is 0. The first kappa shape index (κ1) is 19.3. The molecule has 0 bridgehead atoms. The predicted octanol–water partition coefficient (Wildman–Crippen LogP) is 5.52. The molecule has 0 saturated heterocycles. The Bertz CT molecular complexity index is 689. The number of hydrogen-bond acceptors (Lipinski definition) is 3. The Morgan fingerprint density at radius 1 is 1.08 bits per heavy atom. The predicted molar refractivity (Wildman–Crippen MR) is 101 cm³/mol. The molecule has 0 atom stereocenters. The zero-order valence-electron chi connectivity index (χ0n) is 14.2. The highest BCUT2D eigenvalue weighted by Crippen LogP contribution is 2.29. The van der Waals surface area contributed by atoms with E-state index in [4.69, 9.17) is 25.8 Å². The molecular weight excluding hydrogens is 392 g/mol. The summed E-state index contributed by atoms with van der Waals surface area (Å²) in [6, 6.07) is 10.2. The van der Waals surface area contributed by atoms with Gasteiger partial charge < -0.3 is 14.2 Å². The van der Waals surface area contributed by atoms with E-state index >= 15 is 0 Å². The highest BCUT2D eigenvalue weighted by Gasteiger charge is 2.10. The van der Waals surface area contributed by atoms with E-state index in [1.807, 2.05) is 19.1 Å². The van der Waals surface area contributed by atoms with Crippen molar-refractivity contribution < 1.29 is 14.2 Å². The van der Waals surface area contributed by atoms with Crippen LogP contribution in [0.4, 0.5) is 0 Å². The second-order valence-electron chi connectivity index (χ2n) is 5.49. The van der Waals surface area contributed by atoms with Crippen molar-refractivity contribution in [3.8, 4) is 5.75 Å². The average Bonchev–Trinajstić information content (AvgIpc) is 2.54. The molecule has 2 rings (SSSR count). The van der Waals surface area contributed by atoms with Crippen molar-refractivity contribution in [2.45, 2.75) is 26.9 Å². The van der Waals surface area contributed by atoms with Crippen LogP contribution in [-0.2, 0) is 22.5 Å². The van der Waals surface area contributed by atoms with Gasteiger partial charge in [0.1, 0.15) is 12.5 Å². The summed E-state index contributed by atoms with van der Waals surface area (Å²) in [5, 5.41) is 0.738. The molecule has 0 aliphatic rings. The monoisotopic (exact) mass is 412 g/mol. The lowest BCUT2D eigenvalue weighted by Gasteiger charge is -2.13. The van der Waals surface area contributed by atoms with Gasteiger partial charge in [-0.05, 0) is 66.8 Å². The lowest BCUT2D eigenvalue weighted by atomic mass is 9.99. The minimum absolute atomic E-state index is 0.261. The molecule has 2 aromatic rings. The SMILES string of the molecule is CCOc1ccc(Cc2cc(Br)c(COCOC)cc2Cl)c(C)c1. The van der Waals surface area contributed by atoms with Crippen LogP contribution in [0.3, 0.4) is 0 Å². The number of methoxy groups -OCH3 is 1. The van der Waals surface area contributed by atoms with Crippen molar-refractivity contribution in [3.05, 3.63) is 62.1 Å². The van der Waals surface area contributed by atoms with Gasteiger partial charge in [0.15, 0.2) is 0 Å². The van der Waals surface area contributed by atoms with Crippen LogP contribution < -0.4 is 4.74 Å². The smallest absolute Gasteiger partial charge is 0.146 e. The topological polar surface area (TPSA) is 27.7 Å². The van der Waals surface area contributed by atoms with Gasteiger partial charge in [-0.1, -0.05) is 33.6 Å². The number of aryl methyl sites for hydroxylation is 1. The Morgan fingerprint density at radius 3 is 2.54 bits per heavy atom. The second-order valence-corrected chi connectivity index (χ2v) is 6.75. The summed E-state index contributed by atoms with van der Waals surface area (Å²) < 4.78 is 16.8. The van der Waals surface area contributed by atoms with Crippen LogP contribution in [-0.4, -0.2) is 20.5 Å². The van der Waals surface area contributed by atoms with Crippen LogP contribution in [0, 0.1) is 6.92 Å². The van der Waals surface area contributed by atoms with Crippen molar-refractivity contribution in [3.63, 3.8) is 0 Å². The van der Waals surface area contributed by atoms with Crippen LogP contribution in [0.15, 0.2) is 34.8 Å². The van der Waals surface area contributed by atoms with Gasteiger partial charge in [-0.25, -0.2) is 0 Å². The van der Waals surface area contributed by atoms with E-state index in [-0.39, 0.29) is 6.79 Å². The van der Waals surface area contributed by atoms with E-state index in [0.717, 1.165) is 32.8 Å². The van der Waals surface area contributed by atoms with E-state index in [9.17, 15) is 0 Å². The zero-order chi connectivity index (χ0) is 17.5. The van der Waals surface area contributed by atoms with Gasteiger partial charge in [0.05, 0.1) is 13.2 Å². The van der Waals surface area contributed by atoms with E-state index < -0.39 is 0 Å². The molecule has 0 spiro atoms.